The van der Waals surface area contributed by atoms with E-state index in [0.717, 1.165) is 27.5 Å². The fraction of sp³-hybridized carbons (Fsp3) is 0.321. The predicted octanol–water partition coefficient (Wildman–Crippen LogP) is 7.04. The Hall–Kier alpha value is -1.99. The molecule has 4 nitrogen and oxygen atoms in total. The van der Waals surface area contributed by atoms with Gasteiger partial charge in [0.1, 0.15) is 0 Å². The third-order valence-corrected chi connectivity index (χ3v) is 7.03. The van der Waals surface area contributed by atoms with Crippen molar-refractivity contribution >= 4 is 37.8 Å². The molecule has 1 atom stereocenters. The lowest BCUT2D eigenvalue weighted by molar-refractivity contribution is 0.0377. The molecule has 0 saturated heterocycles. The Labute approximate surface area is 219 Å². The smallest absolute Gasteiger partial charge is 0.338 e. The van der Waals surface area contributed by atoms with Gasteiger partial charge in [-0.2, -0.15) is 0 Å². The van der Waals surface area contributed by atoms with Gasteiger partial charge in [0, 0.05) is 21.5 Å². The highest BCUT2D eigenvalue weighted by Crippen LogP contribution is 2.22. The number of carbonyl (C=O) groups is 1. The summed E-state index contributed by atoms with van der Waals surface area (Å²) in [7, 11) is 2.14. The zero-order valence-corrected chi connectivity index (χ0v) is 23.0. The highest BCUT2D eigenvalue weighted by Gasteiger charge is 2.18. The van der Waals surface area contributed by atoms with Crippen LogP contribution >= 0.6 is 31.9 Å². The fourth-order valence-corrected chi connectivity index (χ4v) is 4.53. The van der Waals surface area contributed by atoms with Gasteiger partial charge in [0.15, 0.2) is 0 Å². The zero-order chi connectivity index (χ0) is 24.5. The quantitative estimate of drug-likeness (QED) is 0.225. The molecular weight excluding hydrogens is 558 g/mol. The molecule has 0 radical (unpaired) electrons. The van der Waals surface area contributed by atoms with E-state index in [2.05, 4.69) is 86.3 Å². The molecular formula is C28H31Br2NO3. The maximum atomic E-state index is 12.2. The number of halogens is 2. The van der Waals surface area contributed by atoms with Crippen molar-refractivity contribution < 1.29 is 14.3 Å². The molecule has 0 fully saturated rings. The highest BCUT2D eigenvalue weighted by molar-refractivity contribution is 9.10. The first-order valence-electron chi connectivity index (χ1n) is 11.4. The van der Waals surface area contributed by atoms with E-state index in [0.29, 0.717) is 18.8 Å². The lowest BCUT2D eigenvalue weighted by Crippen LogP contribution is -2.37. The van der Waals surface area contributed by atoms with E-state index < -0.39 is 0 Å². The molecule has 0 heterocycles. The molecule has 3 aromatic carbocycles. The molecule has 0 aliphatic carbocycles. The summed E-state index contributed by atoms with van der Waals surface area (Å²) < 4.78 is 13.4. The van der Waals surface area contributed by atoms with E-state index >= 15 is 0 Å². The van der Waals surface area contributed by atoms with Crippen molar-refractivity contribution in [3.63, 3.8) is 0 Å². The molecule has 34 heavy (non-hydrogen) atoms. The van der Waals surface area contributed by atoms with Gasteiger partial charge in [-0.25, -0.2) is 4.79 Å². The maximum Gasteiger partial charge on any atom is 0.338 e. The topological polar surface area (TPSA) is 38.8 Å². The normalized spacial score (nSPS) is 12.2. The Kier molecular flexibility index (Phi) is 10.3. The summed E-state index contributed by atoms with van der Waals surface area (Å²) in [5.41, 5.74) is 4.05. The average Bonchev–Trinajstić information content (AvgIpc) is 2.81. The third kappa shape index (κ3) is 8.05. The van der Waals surface area contributed by atoms with Gasteiger partial charge in [-0.15, -0.1) is 0 Å². The van der Waals surface area contributed by atoms with Crippen LogP contribution in [-0.4, -0.2) is 36.7 Å². The minimum absolute atomic E-state index is 0.149. The van der Waals surface area contributed by atoms with Gasteiger partial charge in [0.25, 0.3) is 0 Å². The molecule has 3 rings (SSSR count). The summed E-state index contributed by atoms with van der Waals surface area (Å²) in [5.74, 6) is -0.320. The number of nitrogens with zero attached hydrogens (tertiary/aromatic N) is 1. The molecule has 180 valence electrons. The van der Waals surface area contributed by atoms with Crippen molar-refractivity contribution in [2.45, 2.75) is 45.6 Å². The summed E-state index contributed by atoms with van der Waals surface area (Å²) in [4.78, 5) is 14.5. The molecule has 0 aromatic heterocycles. The molecule has 0 spiro atoms. The Balaban J connectivity index is 1.65. The zero-order valence-electron chi connectivity index (χ0n) is 19.8. The number of hydrogen-bond donors (Lipinski definition) is 0. The molecule has 0 aliphatic rings. The number of likely N-dealkylation sites (N-methyl/N-ethyl adjacent to an activating group) is 1. The van der Waals surface area contributed by atoms with Crippen LogP contribution < -0.4 is 0 Å². The Bertz CT molecular complexity index is 1070. The van der Waals surface area contributed by atoms with Crippen molar-refractivity contribution in [1.29, 1.82) is 0 Å². The molecule has 0 aliphatic heterocycles. The van der Waals surface area contributed by atoms with Gasteiger partial charge in [0.2, 0.25) is 0 Å². The summed E-state index contributed by atoms with van der Waals surface area (Å²) >= 11 is 7.25. The van der Waals surface area contributed by atoms with Gasteiger partial charge in [-0.05, 0) is 62.2 Å². The number of carbonyl (C=O) groups excluding carboxylic acids is 1. The number of hydrogen-bond acceptors (Lipinski definition) is 4. The molecule has 0 N–H and O–H groups in total. The fourth-order valence-electron chi connectivity index (χ4n) is 3.63. The molecule has 6 heteroatoms. The lowest BCUT2D eigenvalue weighted by atomic mass is 10.0. The molecule has 0 amide bonds. The van der Waals surface area contributed by atoms with Crippen molar-refractivity contribution in [3.05, 3.63) is 104 Å². The van der Waals surface area contributed by atoms with E-state index in [-0.39, 0.29) is 18.1 Å². The Morgan fingerprint density at radius 3 is 2.29 bits per heavy atom. The summed E-state index contributed by atoms with van der Waals surface area (Å²) in [6.45, 7) is 5.54. The predicted molar refractivity (Wildman–Crippen MR) is 144 cm³/mol. The van der Waals surface area contributed by atoms with Crippen LogP contribution in [0.3, 0.4) is 0 Å². The summed E-state index contributed by atoms with van der Waals surface area (Å²) in [5, 5.41) is 0. The first-order valence-corrected chi connectivity index (χ1v) is 13.0. The molecule has 1 unspecified atom stereocenters. The monoisotopic (exact) mass is 587 g/mol. The average molecular weight is 589 g/mol. The third-order valence-electron chi connectivity index (χ3n) is 5.51. The van der Waals surface area contributed by atoms with Crippen molar-refractivity contribution in [3.8, 4) is 0 Å². The first kappa shape index (κ1) is 26.6. The molecule has 3 aromatic rings. The van der Waals surface area contributed by atoms with E-state index in [1.807, 2.05) is 32.0 Å². The largest absolute Gasteiger partial charge is 0.459 e. The van der Waals surface area contributed by atoms with Crippen LogP contribution in [0.1, 0.15) is 40.9 Å². The van der Waals surface area contributed by atoms with Crippen LogP contribution in [0.5, 0.6) is 0 Å². The van der Waals surface area contributed by atoms with E-state index in [1.165, 1.54) is 11.1 Å². The van der Waals surface area contributed by atoms with E-state index in [4.69, 9.17) is 9.47 Å². The van der Waals surface area contributed by atoms with Crippen molar-refractivity contribution in [1.82, 2.24) is 4.90 Å². The maximum absolute atomic E-state index is 12.2. The van der Waals surface area contributed by atoms with Crippen LogP contribution in [0.25, 0.3) is 0 Å². The Morgan fingerprint density at radius 1 is 0.912 bits per heavy atom. The van der Waals surface area contributed by atoms with Gasteiger partial charge in [0.05, 0.1) is 24.9 Å². The SMILES string of the molecule is CC(C)OC(=O)c1ccc(COCC(Cc2ccccc2)N(C)Cc2ccccc2Br)c(Br)c1. The molecule has 0 bridgehead atoms. The second-order valence-corrected chi connectivity index (χ2v) is 10.3. The minimum Gasteiger partial charge on any atom is -0.459 e. The number of esters is 1. The second-order valence-electron chi connectivity index (χ2n) is 8.63. The standard InChI is InChI=1S/C28H31Br2NO3/c1-20(2)34-28(32)22-13-14-24(27(30)16-22)18-33-19-25(15-21-9-5-4-6-10-21)31(3)17-23-11-7-8-12-26(23)29/h4-14,16,20,25H,15,17-19H2,1-3H3. The number of ether oxygens (including phenoxy) is 2. The first-order chi connectivity index (χ1) is 16.3. The van der Waals surface area contributed by atoms with Crippen LogP contribution in [0.15, 0.2) is 81.7 Å². The van der Waals surface area contributed by atoms with E-state index in [9.17, 15) is 4.79 Å². The minimum atomic E-state index is -0.320. The molecule has 0 saturated carbocycles. The van der Waals surface area contributed by atoms with Crippen LogP contribution in [0, 0.1) is 0 Å². The van der Waals surface area contributed by atoms with Crippen molar-refractivity contribution in [2.24, 2.45) is 0 Å². The van der Waals surface area contributed by atoms with Gasteiger partial charge in [-0.3, -0.25) is 4.90 Å². The number of rotatable bonds is 11. The Morgan fingerprint density at radius 2 is 1.62 bits per heavy atom. The number of benzene rings is 3. The van der Waals surface area contributed by atoms with Gasteiger partial charge in [-0.1, -0.05) is 86.5 Å². The van der Waals surface area contributed by atoms with Gasteiger partial charge < -0.3 is 9.47 Å². The van der Waals surface area contributed by atoms with Crippen molar-refractivity contribution in [2.75, 3.05) is 13.7 Å². The van der Waals surface area contributed by atoms with Crippen LogP contribution in [0.2, 0.25) is 0 Å². The van der Waals surface area contributed by atoms with Crippen LogP contribution in [-0.2, 0) is 29.0 Å². The van der Waals surface area contributed by atoms with Gasteiger partial charge >= 0.3 is 5.97 Å². The van der Waals surface area contributed by atoms with E-state index in [1.54, 1.807) is 12.1 Å². The summed E-state index contributed by atoms with van der Waals surface area (Å²) in [6.07, 6.45) is 0.743. The highest BCUT2D eigenvalue weighted by atomic mass is 79.9. The van der Waals surface area contributed by atoms with Crippen LogP contribution in [0.4, 0.5) is 0 Å². The lowest BCUT2D eigenvalue weighted by Gasteiger charge is -2.29. The summed E-state index contributed by atoms with van der Waals surface area (Å²) in [6, 6.07) is 24.5. The second kappa shape index (κ2) is 13.2.